The number of hydrogen-bond acceptors (Lipinski definition) is 4. The predicted molar refractivity (Wildman–Crippen MR) is 73.0 cm³/mol. The standard InChI is InChI=1S/C13H16ClNO5/c1-19-8-10(13(17)18)15-12(16)6-7-20-11-5-3-2-4-9(11)14/h2-5,10H,6-8H2,1H3,(H,15,16)(H,17,18). The van der Waals surface area contributed by atoms with E-state index in [2.05, 4.69) is 5.32 Å². The van der Waals surface area contributed by atoms with Crippen molar-refractivity contribution in [2.75, 3.05) is 20.3 Å². The maximum absolute atomic E-state index is 11.6. The molecule has 6 nitrogen and oxygen atoms in total. The van der Waals surface area contributed by atoms with Crippen LogP contribution in [0.4, 0.5) is 0 Å². The van der Waals surface area contributed by atoms with Crippen molar-refractivity contribution < 1.29 is 24.2 Å². The summed E-state index contributed by atoms with van der Waals surface area (Å²) in [6.45, 7) is 0.0152. The van der Waals surface area contributed by atoms with Crippen LogP contribution >= 0.6 is 11.6 Å². The number of ether oxygens (including phenoxy) is 2. The lowest BCUT2D eigenvalue weighted by Crippen LogP contribution is -2.44. The minimum atomic E-state index is -1.15. The first-order chi connectivity index (χ1) is 9.54. The summed E-state index contributed by atoms with van der Waals surface area (Å²) in [5, 5.41) is 11.6. The van der Waals surface area contributed by atoms with Gasteiger partial charge in [0.15, 0.2) is 6.04 Å². The molecule has 0 bridgehead atoms. The van der Waals surface area contributed by atoms with Crippen LogP contribution in [0.5, 0.6) is 5.75 Å². The molecule has 0 fully saturated rings. The van der Waals surface area contributed by atoms with E-state index in [4.69, 9.17) is 26.2 Å². The van der Waals surface area contributed by atoms with Crippen LogP contribution in [-0.2, 0) is 14.3 Å². The molecule has 1 amide bonds. The number of carboxylic acid groups (broad SMARTS) is 1. The number of carbonyl (C=O) groups is 2. The fourth-order valence-electron chi connectivity index (χ4n) is 1.42. The van der Waals surface area contributed by atoms with E-state index in [-0.39, 0.29) is 19.6 Å². The molecule has 1 rings (SSSR count). The SMILES string of the molecule is COCC(NC(=O)CCOc1ccccc1Cl)C(=O)O. The average molecular weight is 302 g/mol. The van der Waals surface area contributed by atoms with Crippen molar-refractivity contribution in [3.8, 4) is 5.75 Å². The molecular weight excluding hydrogens is 286 g/mol. The molecule has 1 atom stereocenters. The van der Waals surface area contributed by atoms with Gasteiger partial charge >= 0.3 is 5.97 Å². The zero-order valence-corrected chi connectivity index (χ0v) is 11.7. The first-order valence-electron chi connectivity index (χ1n) is 5.93. The number of carbonyl (C=O) groups excluding carboxylic acids is 1. The number of amides is 1. The van der Waals surface area contributed by atoms with Gasteiger partial charge in [-0.1, -0.05) is 23.7 Å². The molecule has 0 heterocycles. The first-order valence-corrected chi connectivity index (χ1v) is 6.31. The monoisotopic (exact) mass is 301 g/mol. The van der Waals surface area contributed by atoms with E-state index in [1.165, 1.54) is 7.11 Å². The van der Waals surface area contributed by atoms with Gasteiger partial charge in [0.1, 0.15) is 5.75 Å². The number of rotatable bonds is 8. The minimum Gasteiger partial charge on any atom is -0.491 e. The summed E-state index contributed by atoms with van der Waals surface area (Å²) in [6.07, 6.45) is 0.0265. The number of carboxylic acids is 1. The summed E-state index contributed by atoms with van der Waals surface area (Å²) in [7, 11) is 1.36. The normalized spacial score (nSPS) is 11.7. The number of methoxy groups -OCH3 is 1. The molecule has 2 N–H and O–H groups in total. The molecule has 7 heteroatoms. The van der Waals surface area contributed by atoms with E-state index in [0.29, 0.717) is 10.8 Å². The van der Waals surface area contributed by atoms with Crippen LogP contribution < -0.4 is 10.1 Å². The van der Waals surface area contributed by atoms with E-state index in [0.717, 1.165) is 0 Å². The molecule has 1 unspecified atom stereocenters. The van der Waals surface area contributed by atoms with E-state index < -0.39 is 17.9 Å². The highest BCUT2D eigenvalue weighted by Gasteiger charge is 2.19. The van der Waals surface area contributed by atoms with Crippen molar-refractivity contribution >= 4 is 23.5 Å². The fraction of sp³-hybridized carbons (Fsp3) is 0.385. The van der Waals surface area contributed by atoms with Gasteiger partial charge in [0.2, 0.25) is 5.91 Å². The highest BCUT2D eigenvalue weighted by molar-refractivity contribution is 6.32. The number of hydrogen-bond donors (Lipinski definition) is 2. The second-order valence-corrected chi connectivity index (χ2v) is 4.35. The Morgan fingerprint density at radius 1 is 1.40 bits per heavy atom. The number of para-hydroxylation sites is 1. The third-order valence-electron chi connectivity index (χ3n) is 2.39. The summed E-state index contributed by atoms with van der Waals surface area (Å²) in [6, 6.07) is 5.83. The van der Waals surface area contributed by atoms with E-state index in [1.54, 1.807) is 24.3 Å². The molecule has 1 aromatic carbocycles. The molecule has 1 aromatic rings. The van der Waals surface area contributed by atoms with Crippen LogP contribution in [0.2, 0.25) is 5.02 Å². The third kappa shape index (κ3) is 5.46. The smallest absolute Gasteiger partial charge is 0.328 e. The Balaban J connectivity index is 2.36. The Bertz CT molecular complexity index is 466. The summed E-state index contributed by atoms with van der Waals surface area (Å²) < 4.78 is 10.0. The second-order valence-electron chi connectivity index (χ2n) is 3.94. The summed E-state index contributed by atoms with van der Waals surface area (Å²) in [5.41, 5.74) is 0. The Hall–Kier alpha value is -1.79. The largest absolute Gasteiger partial charge is 0.491 e. The Morgan fingerprint density at radius 2 is 2.10 bits per heavy atom. The topological polar surface area (TPSA) is 84.9 Å². The second kappa shape index (κ2) is 8.39. The van der Waals surface area contributed by atoms with Crippen LogP contribution in [-0.4, -0.2) is 43.3 Å². The van der Waals surface area contributed by atoms with Gasteiger partial charge in [-0.25, -0.2) is 4.79 Å². The van der Waals surface area contributed by atoms with Crippen molar-refractivity contribution in [2.45, 2.75) is 12.5 Å². The number of nitrogens with one attached hydrogen (secondary N) is 1. The molecule has 0 aromatic heterocycles. The molecule has 110 valence electrons. The maximum Gasteiger partial charge on any atom is 0.328 e. The highest BCUT2D eigenvalue weighted by atomic mass is 35.5. The zero-order chi connectivity index (χ0) is 15.0. The maximum atomic E-state index is 11.6. The predicted octanol–water partition coefficient (Wildman–Crippen LogP) is 1.32. The van der Waals surface area contributed by atoms with Crippen molar-refractivity contribution in [3.63, 3.8) is 0 Å². The van der Waals surface area contributed by atoms with Crippen molar-refractivity contribution in [3.05, 3.63) is 29.3 Å². The summed E-state index contributed by atoms with van der Waals surface area (Å²) in [4.78, 5) is 22.4. The third-order valence-corrected chi connectivity index (χ3v) is 2.70. The molecular formula is C13H16ClNO5. The van der Waals surface area contributed by atoms with Gasteiger partial charge in [0.25, 0.3) is 0 Å². The zero-order valence-electron chi connectivity index (χ0n) is 11.0. The molecule has 0 radical (unpaired) electrons. The number of benzene rings is 1. The van der Waals surface area contributed by atoms with Gasteiger partial charge in [0, 0.05) is 7.11 Å². The van der Waals surface area contributed by atoms with E-state index in [1.807, 2.05) is 0 Å². The molecule has 20 heavy (non-hydrogen) atoms. The molecule has 0 aliphatic heterocycles. The quantitative estimate of drug-likeness (QED) is 0.756. The first kappa shape index (κ1) is 16.3. The average Bonchev–Trinajstić information content (AvgIpc) is 2.40. The van der Waals surface area contributed by atoms with Crippen LogP contribution in [0, 0.1) is 0 Å². The van der Waals surface area contributed by atoms with Crippen LogP contribution in [0.3, 0.4) is 0 Å². The van der Waals surface area contributed by atoms with Gasteiger partial charge in [0.05, 0.1) is 24.7 Å². The lowest BCUT2D eigenvalue weighted by molar-refractivity contribution is -0.143. The Labute approximate surface area is 121 Å². The minimum absolute atomic E-state index is 0.0265. The van der Waals surface area contributed by atoms with Crippen LogP contribution in [0.15, 0.2) is 24.3 Å². The molecule has 0 aliphatic rings. The molecule has 0 saturated carbocycles. The molecule has 0 aliphatic carbocycles. The Morgan fingerprint density at radius 3 is 2.70 bits per heavy atom. The molecule has 0 saturated heterocycles. The van der Waals surface area contributed by atoms with Crippen LogP contribution in [0.25, 0.3) is 0 Å². The number of halogens is 1. The lowest BCUT2D eigenvalue weighted by atomic mass is 10.3. The summed E-state index contributed by atoms with van der Waals surface area (Å²) in [5.74, 6) is -1.10. The highest BCUT2D eigenvalue weighted by Crippen LogP contribution is 2.22. The fourth-order valence-corrected chi connectivity index (χ4v) is 1.61. The van der Waals surface area contributed by atoms with Crippen molar-refractivity contribution in [2.24, 2.45) is 0 Å². The van der Waals surface area contributed by atoms with E-state index in [9.17, 15) is 9.59 Å². The molecule has 0 spiro atoms. The van der Waals surface area contributed by atoms with Gasteiger partial charge < -0.3 is 19.9 Å². The Kier molecular flexibility index (Phi) is 6.83. The number of aliphatic carboxylic acids is 1. The van der Waals surface area contributed by atoms with Crippen molar-refractivity contribution in [1.82, 2.24) is 5.32 Å². The van der Waals surface area contributed by atoms with E-state index >= 15 is 0 Å². The summed E-state index contributed by atoms with van der Waals surface area (Å²) >= 11 is 5.89. The van der Waals surface area contributed by atoms with Gasteiger partial charge in [-0.05, 0) is 12.1 Å². The van der Waals surface area contributed by atoms with Gasteiger partial charge in [-0.2, -0.15) is 0 Å². The van der Waals surface area contributed by atoms with Crippen molar-refractivity contribution in [1.29, 1.82) is 0 Å². The van der Waals surface area contributed by atoms with Crippen LogP contribution in [0.1, 0.15) is 6.42 Å². The van der Waals surface area contributed by atoms with Gasteiger partial charge in [-0.15, -0.1) is 0 Å². The lowest BCUT2D eigenvalue weighted by Gasteiger charge is -2.13. The van der Waals surface area contributed by atoms with Gasteiger partial charge in [-0.3, -0.25) is 4.79 Å².